The molecule has 0 radical (unpaired) electrons. The van der Waals surface area contributed by atoms with Crippen molar-refractivity contribution in [2.75, 3.05) is 6.54 Å². The van der Waals surface area contributed by atoms with E-state index in [9.17, 15) is 13.2 Å². The van der Waals surface area contributed by atoms with Gasteiger partial charge in [-0.1, -0.05) is 56.6 Å². The van der Waals surface area contributed by atoms with E-state index in [-0.39, 0.29) is 17.4 Å². The molecule has 0 saturated carbocycles. The summed E-state index contributed by atoms with van der Waals surface area (Å²) >= 11 is 6.38. The Bertz CT molecular complexity index is 746. The van der Waals surface area contributed by atoms with Gasteiger partial charge in [-0.2, -0.15) is 13.2 Å². The molecular weight excluding hydrogens is 347 g/mol. The molecule has 2 rings (SSSR count). The van der Waals surface area contributed by atoms with E-state index in [1.807, 2.05) is 18.2 Å². The van der Waals surface area contributed by atoms with Crippen LogP contribution in [0.2, 0.25) is 5.02 Å². The van der Waals surface area contributed by atoms with E-state index >= 15 is 0 Å². The third kappa shape index (κ3) is 4.77. The number of hydrogen-bond acceptors (Lipinski definition) is 1. The van der Waals surface area contributed by atoms with Crippen molar-refractivity contribution >= 4 is 11.6 Å². The first-order chi connectivity index (χ1) is 11.5. The van der Waals surface area contributed by atoms with Crippen LogP contribution in [-0.4, -0.2) is 6.54 Å². The highest BCUT2D eigenvalue weighted by Crippen LogP contribution is 2.36. The number of benzene rings is 2. The molecule has 0 amide bonds. The highest BCUT2D eigenvalue weighted by molar-refractivity contribution is 6.31. The van der Waals surface area contributed by atoms with Gasteiger partial charge >= 0.3 is 6.18 Å². The Hall–Kier alpha value is -1.52. The van der Waals surface area contributed by atoms with Crippen LogP contribution in [0.1, 0.15) is 48.6 Å². The molecular formula is C20H23ClF3N. The van der Waals surface area contributed by atoms with Crippen LogP contribution in [0, 0.1) is 0 Å². The van der Waals surface area contributed by atoms with Crippen molar-refractivity contribution < 1.29 is 13.2 Å². The molecule has 0 aliphatic rings. The first kappa shape index (κ1) is 19.8. The maximum Gasteiger partial charge on any atom is 0.416 e. The summed E-state index contributed by atoms with van der Waals surface area (Å²) in [6.07, 6.45) is -3.87. The second kappa shape index (κ2) is 7.38. The van der Waals surface area contributed by atoms with Crippen LogP contribution in [-0.2, 0) is 24.4 Å². The van der Waals surface area contributed by atoms with E-state index in [1.54, 1.807) is 6.07 Å². The monoisotopic (exact) mass is 369 g/mol. The van der Waals surface area contributed by atoms with Crippen molar-refractivity contribution in [3.8, 4) is 0 Å². The maximum atomic E-state index is 13.4. The molecule has 2 aromatic carbocycles. The molecule has 0 fully saturated rings. The minimum absolute atomic E-state index is 0.0727. The Balaban J connectivity index is 2.49. The third-order valence-corrected chi connectivity index (χ3v) is 4.63. The second-order valence-electron chi connectivity index (χ2n) is 7.21. The number of nitrogens with two attached hydrogens (primary N) is 1. The van der Waals surface area contributed by atoms with Crippen LogP contribution in [0.3, 0.4) is 0 Å². The number of halogens is 4. The Morgan fingerprint density at radius 2 is 1.68 bits per heavy atom. The first-order valence-corrected chi connectivity index (χ1v) is 8.58. The molecule has 0 atom stereocenters. The van der Waals surface area contributed by atoms with Gasteiger partial charge in [0.25, 0.3) is 0 Å². The largest absolute Gasteiger partial charge is 0.416 e. The van der Waals surface area contributed by atoms with Crippen molar-refractivity contribution in [2.45, 2.75) is 45.2 Å². The van der Waals surface area contributed by atoms with E-state index in [4.69, 9.17) is 17.3 Å². The molecule has 25 heavy (non-hydrogen) atoms. The summed E-state index contributed by atoms with van der Waals surface area (Å²) < 4.78 is 40.3. The van der Waals surface area contributed by atoms with Crippen LogP contribution >= 0.6 is 11.6 Å². The van der Waals surface area contributed by atoms with Gasteiger partial charge in [-0.3, -0.25) is 0 Å². The zero-order chi connectivity index (χ0) is 18.8. The topological polar surface area (TPSA) is 26.0 Å². The predicted molar refractivity (Wildman–Crippen MR) is 97.2 cm³/mol. The highest BCUT2D eigenvalue weighted by atomic mass is 35.5. The van der Waals surface area contributed by atoms with Crippen LogP contribution < -0.4 is 5.73 Å². The number of hydrogen-bond donors (Lipinski definition) is 1. The van der Waals surface area contributed by atoms with Crippen LogP contribution in [0.25, 0.3) is 0 Å². The van der Waals surface area contributed by atoms with Gasteiger partial charge in [-0.05, 0) is 59.2 Å². The SMILES string of the molecule is CC(C)(C)c1ccc(Cc2c(CCN)cccc2C(F)(F)F)c(Cl)c1. The average molecular weight is 370 g/mol. The van der Waals surface area contributed by atoms with Gasteiger partial charge in [0.05, 0.1) is 5.56 Å². The summed E-state index contributed by atoms with van der Waals surface area (Å²) in [6, 6.07) is 9.85. The van der Waals surface area contributed by atoms with Crippen molar-refractivity contribution in [2.24, 2.45) is 5.73 Å². The molecule has 2 N–H and O–H groups in total. The summed E-state index contributed by atoms with van der Waals surface area (Å²) in [4.78, 5) is 0. The highest BCUT2D eigenvalue weighted by Gasteiger charge is 2.34. The van der Waals surface area contributed by atoms with E-state index in [2.05, 4.69) is 20.8 Å². The van der Waals surface area contributed by atoms with E-state index in [1.165, 1.54) is 6.07 Å². The van der Waals surface area contributed by atoms with Crippen LogP contribution in [0.4, 0.5) is 13.2 Å². The molecule has 0 spiro atoms. The van der Waals surface area contributed by atoms with Gasteiger partial charge in [0.15, 0.2) is 0 Å². The summed E-state index contributed by atoms with van der Waals surface area (Å²) in [5, 5.41) is 0.489. The fourth-order valence-electron chi connectivity index (χ4n) is 2.85. The zero-order valence-corrected chi connectivity index (χ0v) is 15.4. The Labute approximate surface area is 152 Å². The second-order valence-corrected chi connectivity index (χ2v) is 7.62. The Morgan fingerprint density at radius 3 is 2.20 bits per heavy atom. The quantitative estimate of drug-likeness (QED) is 0.729. The smallest absolute Gasteiger partial charge is 0.330 e. The molecule has 0 heterocycles. The third-order valence-electron chi connectivity index (χ3n) is 4.28. The number of alkyl halides is 3. The van der Waals surface area contributed by atoms with Crippen molar-refractivity contribution in [3.05, 3.63) is 69.2 Å². The lowest BCUT2D eigenvalue weighted by Gasteiger charge is -2.21. The van der Waals surface area contributed by atoms with Crippen molar-refractivity contribution in [1.82, 2.24) is 0 Å². The van der Waals surface area contributed by atoms with Gasteiger partial charge < -0.3 is 5.73 Å². The summed E-state index contributed by atoms with van der Waals surface area (Å²) in [5.41, 5.74) is 7.49. The average Bonchev–Trinajstić information content (AvgIpc) is 2.48. The summed E-state index contributed by atoms with van der Waals surface area (Å²) in [7, 11) is 0. The normalized spacial score (nSPS) is 12.5. The van der Waals surface area contributed by atoms with Gasteiger partial charge in [0, 0.05) is 5.02 Å². The van der Waals surface area contributed by atoms with Crippen molar-refractivity contribution in [1.29, 1.82) is 0 Å². The van der Waals surface area contributed by atoms with Crippen molar-refractivity contribution in [3.63, 3.8) is 0 Å². The minimum atomic E-state index is -4.40. The molecule has 136 valence electrons. The lowest BCUT2D eigenvalue weighted by Crippen LogP contribution is -2.14. The molecule has 0 aliphatic carbocycles. The Kier molecular flexibility index (Phi) is 5.85. The molecule has 0 saturated heterocycles. The predicted octanol–water partition coefficient (Wildman–Crippen LogP) is 5.75. The molecule has 2 aromatic rings. The molecule has 0 aromatic heterocycles. The van der Waals surface area contributed by atoms with E-state index < -0.39 is 11.7 Å². The van der Waals surface area contributed by atoms with Gasteiger partial charge in [-0.15, -0.1) is 0 Å². The number of rotatable bonds is 4. The summed E-state index contributed by atoms with van der Waals surface area (Å²) in [6.45, 7) is 6.49. The fraction of sp³-hybridized carbons (Fsp3) is 0.400. The van der Waals surface area contributed by atoms with Gasteiger partial charge in [-0.25, -0.2) is 0 Å². The maximum absolute atomic E-state index is 13.4. The van der Waals surface area contributed by atoms with E-state index in [0.717, 1.165) is 11.6 Å². The first-order valence-electron chi connectivity index (χ1n) is 8.21. The van der Waals surface area contributed by atoms with Crippen LogP contribution in [0.5, 0.6) is 0 Å². The molecule has 0 aliphatic heterocycles. The lowest BCUT2D eigenvalue weighted by molar-refractivity contribution is -0.138. The minimum Gasteiger partial charge on any atom is -0.330 e. The van der Waals surface area contributed by atoms with Crippen LogP contribution in [0.15, 0.2) is 36.4 Å². The van der Waals surface area contributed by atoms with E-state index in [0.29, 0.717) is 29.1 Å². The lowest BCUT2D eigenvalue weighted by atomic mass is 9.85. The molecule has 0 unspecified atom stereocenters. The van der Waals surface area contributed by atoms with Gasteiger partial charge in [0.2, 0.25) is 0 Å². The Morgan fingerprint density at radius 1 is 1.00 bits per heavy atom. The molecule has 1 nitrogen and oxygen atoms in total. The van der Waals surface area contributed by atoms with Gasteiger partial charge in [0.1, 0.15) is 0 Å². The standard InChI is InChI=1S/C20H23ClF3N/c1-19(2,3)15-8-7-14(18(21)12-15)11-16-13(9-10-25)5-4-6-17(16)20(22,23)24/h4-8,12H,9-11,25H2,1-3H3. The summed E-state index contributed by atoms with van der Waals surface area (Å²) in [5.74, 6) is 0. The molecule has 0 bridgehead atoms. The molecule has 5 heteroatoms. The fourth-order valence-corrected chi connectivity index (χ4v) is 3.09. The zero-order valence-electron chi connectivity index (χ0n) is 14.7.